The molecule has 0 spiro atoms. The average molecular weight is 430 g/mol. The number of para-hydroxylation sites is 1. The lowest BCUT2D eigenvalue weighted by Gasteiger charge is -2.25. The third-order valence-electron chi connectivity index (χ3n) is 5.25. The molecule has 3 aromatic rings. The maximum absolute atomic E-state index is 13.7. The van der Waals surface area contributed by atoms with E-state index in [2.05, 4.69) is 0 Å². The number of rotatable bonds is 7. The van der Waals surface area contributed by atoms with E-state index in [9.17, 15) is 14.0 Å². The molecule has 1 aliphatic rings. The van der Waals surface area contributed by atoms with Crippen LogP contribution in [-0.4, -0.2) is 25.0 Å². The smallest absolute Gasteiger partial charge is 0.282 e. The molecule has 1 heterocycles. The number of nitrogens with zero attached hydrogens (tertiary/aromatic N) is 2. The first-order valence-corrected chi connectivity index (χ1v) is 10.5. The molecule has 0 atom stereocenters. The summed E-state index contributed by atoms with van der Waals surface area (Å²) in [5.74, 6) is -0.632. The topological polar surface area (TPSA) is 49.9 Å². The van der Waals surface area contributed by atoms with Crippen molar-refractivity contribution in [1.29, 1.82) is 0 Å². The summed E-state index contributed by atoms with van der Waals surface area (Å²) < 4.78 is 19.0. The largest absolute Gasteiger partial charge is 0.494 e. The molecule has 1 aliphatic heterocycles. The van der Waals surface area contributed by atoms with E-state index in [1.807, 2.05) is 49.1 Å². The summed E-state index contributed by atoms with van der Waals surface area (Å²) in [7, 11) is 0. The van der Waals surface area contributed by atoms with E-state index in [1.54, 1.807) is 24.3 Å². The van der Waals surface area contributed by atoms with E-state index in [0.29, 0.717) is 30.2 Å². The lowest BCUT2D eigenvalue weighted by Crippen LogP contribution is -2.35. The molecule has 0 unspecified atom stereocenters. The first-order valence-electron chi connectivity index (χ1n) is 10.5. The Balaban J connectivity index is 1.84. The molecule has 0 fully saturated rings. The third-order valence-corrected chi connectivity index (χ3v) is 5.25. The van der Waals surface area contributed by atoms with Gasteiger partial charge in [-0.1, -0.05) is 30.3 Å². The number of hydrogen-bond acceptors (Lipinski definition) is 4. The number of halogens is 1. The number of carbonyl (C=O) groups excluding carboxylic acids is 2. The van der Waals surface area contributed by atoms with Crippen LogP contribution in [0, 0.1) is 5.82 Å². The molecular weight excluding hydrogens is 407 g/mol. The number of benzene rings is 3. The van der Waals surface area contributed by atoms with Gasteiger partial charge in [0.05, 0.1) is 17.9 Å². The van der Waals surface area contributed by atoms with Crippen molar-refractivity contribution in [2.45, 2.75) is 13.8 Å². The fourth-order valence-electron chi connectivity index (χ4n) is 3.82. The van der Waals surface area contributed by atoms with Crippen LogP contribution in [0.4, 0.5) is 15.8 Å². The first kappa shape index (κ1) is 21.3. The van der Waals surface area contributed by atoms with Gasteiger partial charge in [0.2, 0.25) is 0 Å². The van der Waals surface area contributed by atoms with Gasteiger partial charge in [-0.25, -0.2) is 9.29 Å². The highest BCUT2D eigenvalue weighted by Gasteiger charge is 2.42. The standard InChI is InChI=1S/C26H23FN2O3/c1-3-28(20-8-6-5-7-9-20)24-23(18-10-12-19(27)13-11-18)25(30)29(26(24)31)21-14-16-22(17-15-21)32-4-2/h5-17H,3-4H2,1-2H3. The third kappa shape index (κ3) is 3.87. The Bertz CT molecular complexity index is 1160. The van der Waals surface area contributed by atoms with Crippen LogP contribution in [0.5, 0.6) is 5.75 Å². The second-order valence-corrected chi connectivity index (χ2v) is 7.18. The second-order valence-electron chi connectivity index (χ2n) is 7.18. The monoisotopic (exact) mass is 430 g/mol. The summed E-state index contributed by atoms with van der Waals surface area (Å²) in [5, 5.41) is 0. The van der Waals surface area contributed by atoms with E-state index in [-0.39, 0.29) is 11.3 Å². The van der Waals surface area contributed by atoms with Gasteiger partial charge in [0.1, 0.15) is 17.3 Å². The lowest BCUT2D eigenvalue weighted by molar-refractivity contribution is -0.120. The van der Waals surface area contributed by atoms with Crippen molar-refractivity contribution < 1.29 is 18.7 Å². The molecular formula is C26H23FN2O3. The fraction of sp³-hybridized carbons (Fsp3) is 0.154. The number of imide groups is 1. The number of ether oxygens (including phenoxy) is 1. The summed E-state index contributed by atoms with van der Waals surface area (Å²) in [6.45, 7) is 4.79. The predicted octanol–water partition coefficient (Wildman–Crippen LogP) is 5.04. The van der Waals surface area contributed by atoms with Crippen molar-refractivity contribution in [3.8, 4) is 5.75 Å². The lowest BCUT2D eigenvalue weighted by atomic mass is 10.0. The van der Waals surface area contributed by atoms with E-state index in [0.717, 1.165) is 10.6 Å². The van der Waals surface area contributed by atoms with Crippen LogP contribution in [0.25, 0.3) is 5.57 Å². The zero-order valence-corrected chi connectivity index (χ0v) is 17.9. The van der Waals surface area contributed by atoms with Crippen LogP contribution < -0.4 is 14.5 Å². The SMILES string of the molecule is CCOc1ccc(N2C(=O)C(c3ccc(F)cc3)=C(N(CC)c3ccccc3)C2=O)cc1. The van der Waals surface area contributed by atoms with Crippen molar-refractivity contribution in [1.82, 2.24) is 0 Å². The molecule has 0 aromatic heterocycles. The Labute approximate surface area is 186 Å². The quantitative estimate of drug-likeness (QED) is 0.493. The molecule has 32 heavy (non-hydrogen) atoms. The number of amides is 2. The summed E-state index contributed by atoms with van der Waals surface area (Å²) >= 11 is 0. The van der Waals surface area contributed by atoms with Crippen LogP contribution in [-0.2, 0) is 9.59 Å². The van der Waals surface area contributed by atoms with Crippen LogP contribution in [0.2, 0.25) is 0 Å². The van der Waals surface area contributed by atoms with E-state index < -0.39 is 17.6 Å². The van der Waals surface area contributed by atoms with Gasteiger partial charge in [-0.2, -0.15) is 0 Å². The van der Waals surface area contributed by atoms with Gasteiger partial charge in [-0.05, 0) is 67.9 Å². The minimum absolute atomic E-state index is 0.245. The van der Waals surface area contributed by atoms with Crippen molar-refractivity contribution in [2.24, 2.45) is 0 Å². The maximum Gasteiger partial charge on any atom is 0.282 e. The highest BCUT2D eigenvalue weighted by atomic mass is 19.1. The first-order chi connectivity index (χ1) is 15.5. The average Bonchev–Trinajstić information content (AvgIpc) is 3.07. The molecule has 0 aliphatic carbocycles. The Kier molecular flexibility index (Phi) is 6.03. The molecule has 0 saturated heterocycles. The van der Waals surface area contributed by atoms with E-state index in [4.69, 9.17) is 4.74 Å². The van der Waals surface area contributed by atoms with Gasteiger partial charge in [-0.3, -0.25) is 9.59 Å². The summed E-state index contributed by atoms with van der Waals surface area (Å²) in [5.41, 5.74) is 2.24. The summed E-state index contributed by atoms with van der Waals surface area (Å²) in [6.07, 6.45) is 0. The number of hydrogen-bond donors (Lipinski definition) is 0. The Hall–Kier alpha value is -3.93. The molecule has 0 saturated carbocycles. The molecule has 0 radical (unpaired) electrons. The van der Waals surface area contributed by atoms with Crippen LogP contribution in [0.1, 0.15) is 19.4 Å². The predicted molar refractivity (Wildman–Crippen MR) is 123 cm³/mol. The van der Waals surface area contributed by atoms with Gasteiger partial charge in [0.15, 0.2) is 0 Å². The van der Waals surface area contributed by atoms with Gasteiger partial charge >= 0.3 is 0 Å². The molecule has 3 aromatic carbocycles. The van der Waals surface area contributed by atoms with Gasteiger partial charge < -0.3 is 9.64 Å². The normalized spacial score (nSPS) is 13.7. The Morgan fingerprint density at radius 3 is 2.09 bits per heavy atom. The molecule has 2 amide bonds. The summed E-state index contributed by atoms with van der Waals surface area (Å²) in [6, 6.07) is 21.9. The van der Waals surface area contributed by atoms with E-state index >= 15 is 0 Å². The molecule has 162 valence electrons. The van der Waals surface area contributed by atoms with Crippen LogP contribution in [0.15, 0.2) is 84.6 Å². The maximum atomic E-state index is 13.7. The Morgan fingerprint density at radius 2 is 1.50 bits per heavy atom. The highest BCUT2D eigenvalue weighted by Crippen LogP contribution is 2.37. The van der Waals surface area contributed by atoms with Crippen molar-refractivity contribution in [3.05, 3.63) is 95.9 Å². The number of carbonyl (C=O) groups is 2. The zero-order chi connectivity index (χ0) is 22.7. The number of anilines is 2. The minimum Gasteiger partial charge on any atom is -0.494 e. The van der Waals surface area contributed by atoms with Gasteiger partial charge in [0.25, 0.3) is 11.8 Å². The zero-order valence-electron chi connectivity index (χ0n) is 17.9. The van der Waals surface area contributed by atoms with Crippen molar-refractivity contribution >= 4 is 28.8 Å². The highest BCUT2D eigenvalue weighted by molar-refractivity contribution is 6.46. The van der Waals surface area contributed by atoms with Gasteiger partial charge in [-0.15, -0.1) is 0 Å². The van der Waals surface area contributed by atoms with E-state index in [1.165, 1.54) is 24.3 Å². The Morgan fingerprint density at radius 1 is 0.844 bits per heavy atom. The molecule has 6 heteroatoms. The van der Waals surface area contributed by atoms with Crippen molar-refractivity contribution in [3.63, 3.8) is 0 Å². The summed E-state index contributed by atoms with van der Waals surface area (Å²) in [4.78, 5) is 30.2. The number of likely N-dealkylation sites (N-methyl/N-ethyl adjacent to an activating group) is 1. The van der Waals surface area contributed by atoms with Crippen LogP contribution >= 0.6 is 0 Å². The fourth-order valence-corrected chi connectivity index (χ4v) is 3.82. The van der Waals surface area contributed by atoms with Crippen molar-refractivity contribution in [2.75, 3.05) is 23.0 Å². The molecule has 0 N–H and O–H groups in total. The minimum atomic E-state index is -0.449. The molecule has 0 bridgehead atoms. The van der Waals surface area contributed by atoms with Crippen LogP contribution in [0.3, 0.4) is 0 Å². The molecule has 4 rings (SSSR count). The van der Waals surface area contributed by atoms with Gasteiger partial charge in [0, 0.05) is 12.2 Å². The second kappa shape index (κ2) is 9.06. The molecule has 5 nitrogen and oxygen atoms in total.